The summed E-state index contributed by atoms with van der Waals surface area (Å²) in [5.74, 6) is 0. The molecule has 0 atom stereocenters. The van der Waals surface area contributed by atoms with Crippen molar-refractivity contribution in [2.24, 2.45) is 0 Å². The molecule has 1 aromatic heterocycles. The number of aryl methyl sites for hydroxylation is 2. The fraction of sp³-hybridized carbons (Fsp3) is 0.583. The summed E-state index contributed by atoms with van der Waals surface area (Å²) in [6, 6.07) is 3.71. The van der Waals surface area contributed by atoms with Crippen LogP contribution in [0.1, 0.15) is 18.4 Å². The summed E-state index contributed by atoms with van der Waals surface area (Å²) >= 11 is 0. The van der Waals surface area contributed by atoms with Gasteiger partial charge in [-0.25, -0.2) is 0 Å². The fourth-order valence-electron chi connectivity index (χ4n) is 1.78. The molecule has 0 unspecified atom stereocenters. The van der Waals surface area contributed by atoms with E-state index in [2.05, 4.69) is 0 Å². The zero-order valence-electron chi connectivity index (χ0n) is 9.52. The molecule has 0 aromatic carbocycles. The Labute approximate surface area is 94.8 Å². The number of rotatable bonds is 3. The van der Waals surface area contributed by atoms with Crippen LogP contribution < -0.4 is 5.56 Å². The lowest BCUT2D eigenvalue weighted by Gasteiger charge is -2.23. The van der Waals surface area contributed by atoms with Crippen molar-refractivity contribution in [3.8, 4) is 0 Å². The zero-order chi connectivity index (χ0) is 11.4. The standard InChI is InChI=1S/C12H17NO3/c1-10-4-2-6-13(12(10)14)7-5-11-15-8-3-9-16-11/h2,4,6,11H,3,5,7-9H2,1H3. The van der Waals surface area contributed by atoms with Gasteiger partial charge in [0.2, 0.25) is 0 Å². The number of ether oxygens (including phenoxy) is 2. The Morgan fingerprint density at radius 3 is 2.94 bits per heavy atom. The van der Waals surface area contributed by atoms with E-state index in [0.29, 0.717) is 6.54 Å². The number of nitrogens with zero attached hydrogens (tertiary/aromatic N) is 1. The molecule has 0 bridgehead atoms. The van der Waals surface area contributed by atoms with Gasteiger partial charge in [-0.3, -0.25) is 4.79 Å². The summed E-state index contributed by atoms with van der Waals surface area (Å²) in [6.45, 7) is 3.98. The molecular formula is C12H17NO3. The molecule has 16 heavy (non-hydrogen) atoms. The monoisotopic (exact) mass is 223 g/mol. The van der Waals surface area contributed by atoms with Crippen molar-refractivity contribution in [1.82, 2.24) is 4.57 Å². The van der Waals surface area contributed by atoms with Gasteiger partial charge in [0.05, 0.1) is 13.2 Å². The topological polar surface area (TPSA) is 40.5 Å². The minimum Gasteiger partial charge on any atom is -0.353 e. The Morgan fingerprint density at radius 2 is 2.19 bits per heavy atom. The Balaban J connectivity index is 1.94. The maximum absolute atomic E-state index is 11.7. The maximum atomic E-state index is 11.7. The SMILES string of the molecule is Cc1cccn(CCC2OCCCO2)c1=O. The highest BCUT2D eigenvalue weighted by atomic mass is 16.7. The molecule has 1 aromatic rings. The van der Waals surface area contributed by atoms with E-state index in [9.17, 15) is 4.79 Å². The molecule has 2 rings (SSSR count). The van der Waals surface area contributed by atoms with Gasteiger partial charge in [-0.2, -0.15) is 0 Å². The Bertz CT molecular complexity index is 393. The van der Waals surface area contributed by atoms with Crippen molar-refractivity contribution in [1.29, 1.82) is 0 Å². The zero-order valence-corrected chi connectivity index (χ0v) is 9.52. The average molecular weight is 223 g/mol. The van der Waals surface area contributed by atoms with E-state index < -0.39 is 0 Å². The van der Waals surface area contributed by atoms with Crippen molar-refractivity contribution in [3.63, 3.8) is 0 Å². The lowest BCUT2D eigenvalue weighted by atomic mass is 10.3. The second kappa shape index (κ2) is 5.27. The van der Waals surface area contributed by atoms with Crippen LogP contribution in [0.2, 0.25) is 0 Å². The molecule has 1 aliphatic rings. The molecule has 0 amide bonds. The van der Waals surface area contributed by atoms with E-state index in [1.54, 1.807) is 10.8 Å². The molecule has 2 heterocycles. The van der Waals surface area contributed by atoms with Gasteiger partial charge >= 0.3 is 0 Å². The van der Waals surface area contributed by atoms with E-state index in [1.807, 2.05) is 19.1 Å². The third-order valence-corrected chi connectivity index (χ3v) is 2.71. The first-order chi connectivity index (χ1) is 7.77. The molecule has 0 aliphatic carbocycles. The molecule has 0 saturated carbocycles. The van der Waals surface area contributed by atoms with Crippen LogP contribution in [0.15, 0.2) is 23.1 Å². The molecule has 4 nitrogen and oxygen atoms in total. The number of hydrogen-bond donors (Lipinski definition) is 0. The number of hydrogen-bond acceptors (Lipinski definition) is 3. The molecular weight excluding hydrogens is 206 g/mol. The quantitative estimate of drug-likeness (QED) is 0.775. The molecule has 0 N–H and O–H groups in total. The van der Waals surface area contributed by atoms with Crippen LogP contribution >= 0.6 is 0 Å². The maximum Gasteiger partial charge on any atom is 0.253 e. The summed E-state index contributed by atoms with van der Waals surface area (Å²) in [6.07, 6.45) is 3.34. The van der Waals surface area contributed by atoms with E-state index in [-0.39, 0.29) is 11.8 Å². The average Bonchev–Trinajstić information content (AvgIpc) is 2.32. The van der Waals surface area contributed by atoms with E-state index >= 15 is 0 Å². The lowest BCUT2D eigenvalue weighted by molar-refractivity contribution is -0.182. The van der Waals surface area contributed by atoms with E-state index in [4.69, 9.17) is 9.47 Å². The fourth-order valence-corrected chi connectivity index (χ4v) is 1.78. The van der Waals surface area contributed by atoms with Crippen LogP contribution in [-0.4, -0.2) is 24.1 Å². The summed E-state index contributed by atoms with van der Waals surface area (Å²) in [4.78, 5) is 11.7. The Hall–Kier alpha value is -1.13. The highest BCUT2D eigenvalue weighted by Gasteiger charge is 2.14. The highest BCUT2D eigenvalue weighted by molar-refractivity contribution is 5.07. The predicted octanol–water partition coefficient (Wildman–Crippen LogP) is 1.31. The smallest absolute Gasteiger partial charge is 0.253 e. The Morgan fingerprint density at radius 1 is 1.44 bits per heavy atom. The third kappa shape index (κ3) is 2.71. The minimum atomic E-state index is -0.152. The van der Waals surface area contributed by atoms with Crippen molar-refractivity contribution >= 4 is 0 Å². The van der Waals surface area contributed by atoms with Crippen LogP contribution in [0, 0.1) is 6.92 Å². The second-order valence-corrected chi connectivity index (χ2v) is 4.00. The van der Waals surface area contributed by atoms with Crippen LogP contribution in [0.4, 0.5) is 0 Å². The molecule has 1 saturated heterocycles. The number of aromatic nitrogens is 1. The third-order valence-electron chi connectivity index (χ3n) is 2.71. The molecule has 88 valence electrons. The largest absolute Gasteiger partial charge is 0.353 e. The normalized spacial score (nSPS) is 17.6. The molecule has 1 fully saturated rings. The summed E-state index contributed by atoms with van der Waals surface area (Å²) < 4.78 is 12.6. The van der Waals surface area contributed by atoms with Crippen molar-refractivity contribution < 1.29 is 9.47 Å². The first-order valence-electron chi connectivity index (χ1n) is 5.66. The summed E-state index contributed by atoms with van der Waals surface area (Å²) in [5, 5.41) is 0. The lowest BCUT2D eigenvalue weighted by Crippen LogP contribution is -2.28. The molecule has 0 radical (unpaired) electrons. The van der Waals surface area contributed by atoms with Crippen LogP contribution in [0.25, 0.3) is 0 Å². The minimum absolute atomic E-state index is 0.0679. The van der Waals surface area contributed by atoms with Gasteiger partial charge in [-0.1, -0.05) is 6.07 Å². The van der Waals surface area contributed by atoms with E-state index in [0.717, 1.165) is 31.6 Å². The van der Waals surface area contributed by atoms with Crippen molar-refractivity contribution in [2.45, 2.75) is 32.6 Å². The summed E-state index contributed by atoms with van der Waals surface area (Å²) in [7, 11) is 0. The van der Waals surface area contributed by atoms with Gasteiger partial charge in [0.1, 0.15) is 0 Å². The first kappa shape index (κ1) is 11.4. The Kier molecular flexibility index (Phi) is 3.74. The van der Waals surface area contributed by atoms with Crippen molar-refractivity contribution in [2.75, 3.05) is 13.2 Å². The molecule has 0 spiro atoms. The molecule has 4 heteroatoms. The second-order valence-electron chi connectivity index (χ2n) is 4.00. The molecule has 1 aliphatic heterocycles. The van der Waals surface area contributed by atoms with Gasteiger partial charge < -0.3 is 14.0 Å². The van der Waals surface area contributed by atoms with Crippen molar-refractivity contribution in [3.05, 3.63) is 34.2 Å². The highest BCUT2D eigenvalue weighted by Crippen LogP contribution is 2.09. The van der Waals surface area contributed by atoms with Gasteiger partial charge in [0, 0.05) is 24.7 Å². The van der Waals surface area contributed by atoms with E-state index in [1.165, 1.54) is 0 Å². The van der Waals surface area contributed by atoms with Gasteiger partial charge in [0.25, 0.3) is 5.56 Å². The van der Waals surface area contributed by atoms with Gasteiger partial charge in [0.15, 0.2) is 6.29 Å². The van der Waals surface area contributed by atoms with Crippen LogP contribution in [-0.2, 0) is 16.0 Å². The summed E-state index contributed by atoms with van der Waals surface area (Å²) in [5.41, 5.74) is 0.839. The van der Waals surface area contributed by atoms with Gasteiger partial charge in [-0.05, 0) is 19.4 Å². The first-order valence-corrected chi connectivity index (χ1v) is 5.66. The van der Waals surface area contributed by atoms with Crippen LogP contribution in [0.5, 0.6) is 0 Å². The van der Waals surface area contributed by atoms with Crippen LogP contribution in [0.3, 0.4) is 0 Å². The predicted molar refractivity (Wildman–Crippen MR) is 60.4 cm³/mol. The number of pyridine rings is 1. The van der Waals surface area contributed by atoms with Gasteiger partial charge in [-0.15, -0.1) is 0 Å².